The molecule has 0 bridgehead atoms. The summed E-state index contributed by atoms with van der Waals surface area (Å²) < 4.78 is 11.1. The summed E-state index contributed by atoms with van der Waals surface area (Å²) in [5.74, 6) is 0.718. The van der Waals surface area contributed by atoms with Crippen molar-refractivity contribution in [2.45, 2.75) is 26.4 Å². The van der Waals surface area contributed by atoms with Gasteiger partial charge in [0.2, 0.25) is 0 Å². The number of carboxylic acid groups (broad SMARTS) is 1. The summed E-state index contributed by atoms with van der Waals surface area (Å²) in [5, 5.41) is 12.7. The van der Waals surface area contributed by atoms with E-state index in [0.717, 1.165) is 0 Å². The van der Waals surface area contributed by atoms with Crippen molar-refractivity contribution in [3.8, 4) is 5.75 Å². The maximum atomic E-state index is 10.8. The predicted molar refractivity (Wildman–Crippen MR) is 73.8 cm³/mol. The van der Waals surface area contributed by atoms with E-state index in [9.17, 15) is 4.79 Å². The lowest BCUT2D eigenvalue weighted by molar-refractivity contribution is 0.0696. The van der Waals surface area contributed by atoms with E-state index in [1.807, 2.05) is 13.8 Å². The number of hydrogen-bond acceptors (Lipinski definition) is 5. The number of nitrogens with zero attached hydrogens (tertiary/aromatic N) is 2. The highest BCUT2D eigenvalue weighted by Gasteiger charge is 2.12. The van der Waals surface area contributed by atoms with Gasteiger partial charge in [-0.3, -0.25) is 0 Å². The van der Waals surface area contributed by atoms with Crippen LogP contribution in [-0.2, 0) is 6.61 Å². The molecule has 0 aliphatic carbocycles. The Kier molecular flexibility index (Phi) is 4.39. The first-order valence-corrected chi connectivity index (χ1v) is 6.74. The van der Waals surface area contributed by atoms with Gasteiger partial charge in [0.15, 0.2) is 12.4 Å². The van der Waals surface area contributed by atoms with E-state index in [0.29, 0.717) is 21.9 Å². The number of hydrogen-bond donors (Lipinski definition) is 1. The Labute approximate surface area is 123 Å². The van der Waals surface area contributed by atoms with Crippen LogP contribution in [0.4, 0.5) is 0 Å². The molecular weight excluding hydrogens is 328 g/mol. The van der Waals surface area contributed by atoms with Crippen LogP contribution >= 0.6 is 15.9 Å². The smallest absolute Gasteiger partial charge is 0.335 e. The van der Waals surface area contributed by atoms with Crippen LogP contribution in [0.3, 0.4) is 0 Å². The molecule has 0 saturated carbocycles. The minimum Gasteiger partial charge on any atom is -0.483 e. The number of aromatic nitrogens is 2. The van der Waals surface area contributed by atoms with Crippen LogP contribution in [0.25, 0.3) is 0 Å². The van der Waals surface area contributed by atoms with E-state index < -0.39 is 5.97 Å². The highest BCUT2D eigenvalue weighted by molar-refractivity contribution is 9.10. The molecule has 2 rings (SSSR count). The zero-order valence-corrected chi connectivity index (χ0v) is 12.5. The summed E-state index contributed by atoms with van der Waals surface area (Å²) in [6, 6.07) is 4.52. The van der Waals surface area contributed by atoms with Gasteiger partial charge >= 0.3 is 5.97 Å². The van der Waals surface area contributed by atoms with E-state index in [-0.39, 0.29) is 18.1 Å². The second-order valence-electron chi connectivity index (χ2n) is 4.44. The fourth-order valence-electron chi connectivity index (χ4n) is 1.45. The first-order chi connectivity index (χ1) is 9.47. The van der Waals surface area contributed by atoms with Crippen LogP contribution in [0.15, 0.2) is 27.2 Å². The molecular formula is C13H13BrN2O4. The molecule has 0 fully saturated rings. The van der Waals surface area contributed by atoms with E-state index in [4.69, 9.17) is 14.4 Å². The van der Waals surface area contributed by atoms with Gasteiger partial charge in [-0.05, 0) is 34.1 Å². The van der Waals surface area contributed by atoms with Gasteiger partial charge < -0.3 is 14.4 Å². The average Bonchev–Trinajstić information content (AvgIpc) is 2.86. The Morgan fingerprint density at radius 2 is 2.25 bits per heavy atom. The number of carboxylic acids is 1. The van der Waals surface area contributed by atoms with Crippen LogP contribution in [0.2, 0.25) is 0 Å². The van der Waals surface area contributed by atoms with Crippen LogP contribution in [0.1, 0.15) is 41.8 Å². The van der Waals surface area contributed by atoms with E-state index in [1.54, 1.807) is 6.07 Å². The van der Waals surface area contributed by atoms with Crippen molar-refractivity contribution in [3.05, 3.63) is 40.0 Å². The fraction of sp³-hybridized carbons (Fsp3) is 0.308. The first kappa shape index (κ1) is 14.5. The van der Waals surface area contributed by atoms with Gasteiger partial charge in [-0.2, -0.15) is 4.98 Å². The summed E-state index contributed by atoms with van der Waals surface area (Å²) in [7, 11) is 0. The molecule has 0 saturated heterocycles. The molecule has 0 atom stereocenters. The molecule has 6 nitrogen and oxygen atoms in total. The lowest BCUT2D eigenvalue weighted by atomic mass is 10.2. The Hall–Kier alpha value is -1.89. The summed E-state index contributed by atoms with van der Waals surface area (Å²) >= 11 is 3.26. The second-order valence-corrected chi connectivity index (χ2v) is 5.29. The number of carbonyl (C=O) groups is 1. The molecule has 2 aromatic rings. The third-order valence-corrected chi connectivity index (χ3v) is 3.15. The Morgan fingerprint density at radius 1 is 1.50 bits per heavy atom. The second kappa shape index (κ2) is 6.04. The number of rotatable bonds is 5. The standard InChI is InChI=1S/C13H13BrN2O4/c1-7(2)12-15-11(20-16-12)6-19-10-4-3-8(13(17)18)5-9(10)14/h3-5,7H,6H2,1-2H3,(H,17,18). The SMILES string of the molecule is CC(C)c1noc(COc2ccc(C(=O)O)cc2Br)n1. The minimum absolute atomic E-state index is 0.130. The Morgan fingerprint density at radius 3 is 2.80 bits per heavy atom. The zero-order valence-electron chi connectivity index (χ0n) is 11.0. The van der Waals surface area contributed by atoms with Gasteiger partial charge in [0.1, 0.15) is 5.75 Å². The molecule has 0 radical (unpaired) electrons. The third kappa shape index (κ3) is 3.36. The number of ether oxygens (including phenoxy) is 1. The van der Waals surface area contributed by atoms with Crippen LogP contribution in [0.5, 0.6) is 5.75 Å². The summed E-state index contributed by atoms with van der Waals surface area (Å²) in [6.07, 6.45) is 0. The molecule has 1 aromatic carbocycles. The largest absolute Gasteiger partial charge is 0.483 e. The van der Waals surface area contributed by atoms with Crippen molar-refractivity contribution in [2.75, 3.05) is 0 Å². The normalized spacial score (nSPS) is 10.8. The van der Waals surface area contributed by atoms with Crippen molar-refractivity contribution in [1.82, 2.24) is 10.1 Å². The van der Waals surface area contributed by atoms with Crippen LogP contribution in [-0.4, -0.2) is 21.2 Å². The summed E-state index contributed by atoms with van der Waals surface area (Å²) in [5.41, 5.74) is 0.184. The van der Waals surface area contributed by atoms with Gasteiger partial charge in [-0.15, -0.1) is 0 Å². The molecule has 7 heteroatoms. The lowest BCUT2D eigenvalue weighted by Gasteiger charge is -2.06. The van der Waals surface area contributed by atoms with E-state index >= 15 is 0 Å². The van der Waals surface area contributed by atoms with E-state index in [2.05, 4.69) is 26.1 Å². The highest BCUT2D eigenvalue weighted by atomic mass is 79.9. The molecule has 0 unspecified atom stereocenters. The Balaban J connectivity index is 2.05. The van der Waals surface area contributed by atoms with Crippen LogP contribution in [0, 0.1) is 0 Å². The van der Waals surface area contributed by atoms with Gasteiger partial charge in [0, 0.05) is 5.92 Å². The molecule has 0 spiro atoms. The average molecular weight is 341 g/mol. The number of halogens is 1. The topological polar surface area (TPSA) is 85.5 Å². The number of benzene rings is 1. The minimum atomic E-state index is -0.990. The monoisotopic (exact) mass is 340 g/mol. The van der Waals surface area contributed by atoms with Crippen molar-refractivity contribution < 1.29 is 19.2 Å². The maximum absolute atomic E-state index is 10.8. The van der Waals surface area contributed by atoms with E-state index in [1.165, 1.54) is 12.1 Å². The summed E-state index contributed by atoms with van der Waals surface area (Å²) in [4.78, 5) is 15.0. The highest BCUT2D eigenvalue weighted by Crippen LogP contribution is 2.26. The Bertz CT molecular complexity index is 625. The fourth-order valence-corrected chi connectivity index (χ4v) is 1.94. The lowest BCUT2D eigenvalue weighted by Crippen LogP contribution is -2.00. The van der Waals surface area contributed by atoms with Crippen molar-refractivity contribution in [2.24, 2.45) is 0 Å². The molecule has 0 aliphatic heterocycles. The van der Waals surface area contributed by atoms with Crippen LogP contribution < -0.4 is 4.74 Å². The molecule has 106 valence electrons. The first-order valence-electron chi connectivity index (χ1n) is 5.95. The third-order valence-electron chi connectivity index (χ3n) is 2.53. The molecule has 0 aliphatic rings. The molecule has 1 heterocycles. The molecule has 0 amide bonds. The zero-order chi connectivity index (χ0) is 14.7. The van der Waals surface area contributed by atoms with Gasteiger partial charge in [-0.25, -0.2) is 4.79 Å². The maximum Gasteiger partial charge on any atom is 0.335 e. The van der Waals surface area contributed by atoms with Gasteiger partial charge in [0.05, 0.1) is 10.0 Å². The van der Waals surface area contributed by atoms with Crippen molar-refractivity contribution in [1.29, 1.82) is 0 Å². The van der Waals surface area contributed by atoms with Crippen molar-refractivity contribution >= 4 is 21.9 Å². The molecule has 20 heavy (non-hydrogen) atoms. The quantitative estimate of drug-likeness (QED) is 0.899. The molecule has 1 aromatic heterocycles. The van der Waals surface area contributed by atoms with Gasteiger partial charge in [0.25, 0.3) is 5.89 Å². The number of aromatic carboxylic acids is 1. The van der Waals surface area contributed by atoms with Crippen molar-refractivity contribution in [3.63, 3.8) is 0 Å². The van der Waals surface area contributed by atoms with Gasteiger partial charge in [-0.1, -0.05) is 19.0 Å². The molecule has 1 N–H and O–H groups in total. The summed E-state index contributed by atoms with van der Waals surface area (Å²) in [6.45, 7) is 4.07. The predicted octanol–water partition coefficient (Wildman–Crippen LogP) is 3.23.